The van der Waals surface area contributed by atoms with Crippen LogP contribution in [-0.4, -0.2) is 60.5 Å². The summed E-state index contributed by atoms with van der Waals surface area (Å²) < 4.78 is 7.24. The van der Waals surface area contributed by atoms with Crippen LogP contribution in [0.15, 0.2) is 6.33 Å². The van der Waals surface area contributed by atoms with Gasteiger partial charge in [-0.25, -0.2) is 15.0 Å². The maximum Gasteiger partial charge on any atom is 0.216 e. The molecule has 0 aromatic carbocycles. The number of imidazole rings is 1. The number of fused-ring (bicyclic) bond motifs is 1. The molecule has 1 fully saturated rings. The van der Waals surface area contributed by atoms with Crippen molar-refractivity contribution in [1.29, 1.82) is 0 Å². The van der Waals surface area contributed by atoms with Gasteiger partial charge < -0.3 is 26.0 Å². The number of amides is 1. The number of aromatic nitrogens is 4. The predicted octanol–water partition coefficient (Wildman–Crippen LogP) is -0.294. The quantitative estimate of drug-likeness (QED) is 0.403. The maximum absolute atomic E-state index is 11.1. The Kier molecular flexibility index (Phi) is 6.08. The van der Waals surface area contributed by atoms with Gasteiger partial charge in [-0.05, 0) is 12.3 Å². The van der Waals surface area contributed by atoms with Crippen LogP contribution < -0.4 is 11.1 Å². The molecule has 0 spiro atoms. The number of anilines is 1. The van der Waals surface area contributed by atoms with E-state index in [1.165, 1.54) is 17.8 Å². The van der Waals surface area contributed by atoms with Gasteiger partial charge in [0.15, 0.2) is 17.7 Å². The van der Waals surface area contributed by atoms with Gasteiger partial charge in [0, 0.05) is 19.9 Å². The van der Waals surface area contributed by atoms with Gasteiger partial charge in [0.05, 0.1) is 6.33 Å². The Labute approximate surface area is 162 Å². The molecule has 0 saturated carbocycles. The molecule has 1 saturated heterocycles. The molecule has 0 bridgehead atoms. The molecule has 4 atom stereocenters. The Morgan fingerprint density at radius 1 is 1.39 bits per heavy atom. The van der Waals surface area contributed by atoms with Gasteiger partial charge in [0.25, 0.3) is 0 Å². The Balaban J connectivity index is 1.89. The van der Waals surface area contributed by atoms with Crippen molar-refractivity contribution in [2.75, 3.05) is 12.3 Å². The second kappa shape index (κ2) is 8.52. The van der Waals surface area contributed by atoms with E-state index < -0.39 is 24.5 Å². The van der Waals surface area contributed by atoms with E-state index in [0.717, 1.165) is 19.3 Å². The SMILES string of the molecule is CCCCC#Cc1nc(N)c2ncn([C@@H]3O[C@H](CNC(C)=O)[C@@H](O)[C@H]3O)c2n1. The number of nitrogens with zero attached hydrogens (tertiary/aromatic N) is 4. The molecule has 5 N–H and O–H groups in total. The summed E-state index contributed by atoms with van der Waals surface area (Å²) in [7, 11) is 0. The zero-order valence-electron chi connectivity index (χ0n) is 15.8. The van der Waals surface area contributed by atoms with Crippen LogP contribution in [0, 0.1) is 11.8 Å². The molecule has 3 heterocycles. The van der Waals surface area contributed by atoms with Crippen LogP contribution >= 0.6 is 0 Å². The normalized spacial score (nSPS) is 24.1. The number of nitrogen functional groups attached to an aromatic ring is 1. The average molecular weight is 388 g/mol. The number of unbranched alkanes of at least 4 members (excludes halogenated alkanes) is 2. The fourth-order valence-corrected chi connectivity index (χ4v) is 2.96. The third-order valence-electron chi connectivity index (χ3n) is 4.47. The van der Waals surface area contributed by atoms with E-state index in [-0.39, 0.29) is 24.1 Å². The molecule has 1 aliphatic heterocycles. The molecule has 0 radical (unpaired) electrons. The largest absolute Gasteiger partial charge is 0.387 e. The van der Waals surface area contributed by atoms with Crippen molar-refractivity contribution < 1.29 is 19.7 Å². The summed E-state index contributed by atoms with van der Waals surface area (Å²) in [5.41, 5.74) is 6.68. The molecular weight excluding hydrogens is 364 g/mol. The lowest BCUT2D eigenvalue weighted by Crippen LogP contribution is -2.39. The zero-order valence-corrected chi connectivity index (χ0v) is 15.8. The standard InChI is InChI=1S/C18H24N6O4/c1-3-4-5-6-7-12-22-16(19)13-17(23-12)24(9-21-13)18-15(27)14(26)11(28-18)8-20-10(2)25/h9,11,14-15,18,26-27H,3-5,8H2,1-2H3,(H,20,25)(H2,19,22,23)/t11-,14-,15-,18-/m1/s1. The first kappa shape index (κ1) is 20.0. The zero-order chi connectivity index (χ0) is 20.3. The second-order valence-electron chi connectivity index (χ2n) is 6.65. The van der Waals surface area contributed by atoms with Crippen molar-refractivity contribution >= 4 is 22.9 Å². The van der Waals surface area contributed by atoms with Crippen molar-refractivity contribution in [3.05, 3.63) is 12.2 Å². The maximum atomic E-state index is 11.1. The number of carbonyl (C=O) groups is 1. The van der Waals surface area contributed by atoms with E-state index in [1.807, 2.05) is 0 Å². The molecule has 2 aromatic heterocycles. The number of carbonyl (C=O) groups excluding carboxylic acids is 1. The molecule has 1 aliphatic rings. The fraction of sp³-hybridized carbons (Fsp3) is 0.556. The van der Waals surface area contributed by atoms with Gasteiger partial charge >= 0.3 is 0 Å². The highest BCUT2D eigenvalue weighted by Gasteiger charge is 2.44. The van der Waals surface area contributed by atoms with Gasteiger partial charge in [-0.1, -0.05) is 19.3 Å². The number of rotatable bonds is 5. The van der Waals surface area contributed by atoms with E-state index in [0.29, 0.717) is 11.2 Å². The summed E-state index contributed by atoms with van der Waals surface area (Å²) in [6.07, 6.45) is 0.0704. The third-order valence-corrected chi connectivity index (χ3v) is 4.47. The Bertz CT molecular complexity index is 918. The average Bonchev–Trinajstić information content (AvgIpc) is 3.19. The van der Waals surface area contributed by atoms with Crippen LogP contribution in [0.1, 0.15) is 45.2 Å². The van der Waals surface area contributed by atoms with Gasteiger partial charge in [0.2, 0.25) is 11.7 Å². The molecule has 150 valence electrons. The van der Waals surface area contributed by atoms with Crippen molar-refractivity contribution in [1.82, 2.24) is 24.8 Å². The number of nitrogens with one attached hydrogen (secondary N) is 1. The van der Waals surface area contributed by atoms with Crippen LogP contribution in [0.2, 0.25) is 0 Å². The first-order valence-electron chi connectivity index (χ1n) is 9.17. The number of aliphatic hydroxyl groups is 2. The topological polar surface area (TPSA) is 148 Å². The Morgan fingerprint density at radius 2 is 2.18 bits per heavy atom. The second-order valence-corrected chi connectivity index (χ2v) is 6.65. The monoisotopic (exact) mass is 388 g/mol. The number of nitrogens with two attached hydrogens (primary N) is 1. The summed E-state index contributed by atoms with van der Waals surface area (Å²) in [5.74, 6) is 6.06. The molecule has 28 heavy (non-hydrogen) atoms. The lowest BCUT2D eigenvalue weighted by atomic mass is 10.1. The minimum absolute atomic E-state index is 0.0714. The number of ether oxygens (including phenoxy) is 1. The number of hydrogen-bond acceptors (Lipinski definition) is 8. The molecule has 3 rings (SSSR count). The van der Waals surface area contributed by atoms with Crippen LogP contribution in [0.3, 0.4) is 0 Å². The molecule has 0 unspecified atom stereocenters. The Hall–Kier alpha value is -2.74. The van der Waals surface area contributed by atoms with Crippen molar-refractivity contribution in [3.63, 3.8) is 0 Å². The van der Waals surface area contributed by atoms with Gasteiger partial charge in [-0.15, -0.1) is 0 Å². The fourth-order valence-electron chi connectivity index (χ4n) is 2.96. The van der Waals surface area contributed by atoms with Gasteiger partial charge in [-0.3, -0.25) is 9.36 Å². The third kappa shape index (κ3) is 4.06. The molecule has 10 nitrogen and oxygen atoms in total. The van der Waals surface area contributed by atoms with Crippen molar-refractivity contribution in [3.8, 4) is 11.8 Å². The van der Waals surface area contributed by atoms with Gasteiger partial charge in [0.1, 0.15) is 23.8 Å². The summed E-state index contributed by atoms with van der Waals surface area (Å²) in [6, 6.07) is 0. The summed E-state index contributed by atoms with van der Waals surface area (Å²) in [6.45, 7) is 3.52. The van der Waals surface area contributed by atoms with Crippen molar-refractivity contribution in [2.45, 2.75) is 57.6 Å². The van der Waals surface area contributed by atoms with Crippen molar-refractivity contribution in [2.24, 2.45) is 0 Å². The van der Waals surface area contributed by atoms with Crippen LogP contribution in [0.4, 0.5) is 5.82 Å². The lowest BCUT2D eigenvalue weighted by Gasteiger charge is -2.16. The smallest absolute Gasteiger partial charge is 0.216 e. The summed E-state index contributed by atoms with van der Waals surface area (Å²) in [4.78, 5) is 23.8. The number of hydrogen-bond donors (Lipinski definition) is 4. The summed E-state index contributed by atoms with van der Waals surface area (Å²) in [5, 5.41) is 23.2. The molecular formula is C18H24N6O4. The van der Waals surface area contributed by atoms with E-state index in [4.69, 9.17) is 10.5 Å². The first-order chi connectivity index (χ1) is 13.4. The van der Waals surface area contributed by atoms with E-state index in [2.05, 4.69) is 39.0 Å². The molecule has 0 aliphatic carbocycles. The minimum Gasteiger partial charge on any atom is -0.387 e. The van der Waals surface area contributed by atoms with E-state index in [1.54, 1.807) is 0 Å². The van der Waals surface area contributed by atoms with Crippen LogP contribution in [0.5, 0.6) is 0 Å². The summed E-state index contributed by atoms with van der Waals surface area (Å²) >= 11 is 0. The minimum atomic E-state index is -1.23. The van der Waals surface area contributed by atoms with Gasteiger partial charge in [-0.2, -0.15) is 0 Å². The molecule has 10 heteroatoms. The molecule has 2 aromatic rings. The highest BCUT2D eigenvalue weighted by Crippen LogP contribution is 2.31. The highest BCUT2D eigenvalue weighted by molar-refractivity contribution is 5.82. The van der Waals surface area contributed by atoms with E-state index in [9.17, 15) is 15.0 Å². The van der Waals surface area contributed by atoms with Crippen LogP contribution in [-0.2, 0) is 9.53 Å². The predicted molar refractivity (Wildman–Crippen MR) is 101 cm³/mol. The highest BCUT2D eigenvalue weighted by atomic mass is 16.6. The first-order valence-corrected chi connectivity index (χ1v) is 9.17. The van der Waals surface area contributed by atoms with E-state index >= 15 is 0 Å². The number of aliphatic hydroxyl groups excluding tert-OH is 2. The lowest BCUT2D eigenvalue weighted by molar-refractivity contribution is -0.120. The molecule has 1 amide bonds. The Morgan fingerprint density at radius 3 is 2.89 bits per heavy atom. The van der Waals surface area contributed by atoms with Crippen LogP contribution in [0.25, 0.3) is 11.2 Å².